The normalized spacial score (nSPS) is 13.8. The van der Waals surface area contributed by atoms with Gasteiger partial charge in [0.15, 0.2) is 0 Å². The molecular formula is C68H94Cl2O6Ru. The Morgan fingerprint density at radius 3 is 1.31 bits per heavy atom. The molecule has 0 spiro atoms. The fourth-order valence-electron chi connectivity index (χ4n) is 7.89. The molecule has 2 rings (SSSR count). The van der Waals surface area contributed by atoms with Gasteiger partial charge in [-0.15, -0.1) is 0 Å². The van der Waals surface area contributed by atoms with E-state index in [1.165, 1.54) is 50.2 Å². The molecule has 0 bridgehead atoms. The van der Waals surface area contributed by atoms with E-state index in [2.05, 4.69) is 137 Å². The molecule has 0 aromatic heterocycles. The van der Waals surface area contributed by atoms with E-state index >= 15 is 0 Å². The van der Waals surface area contributed by atoms with Crippen molar-refractivity contribution in [2.24, 2.45) is 0 Å². The number of halogens is 2. The number of ketones is 1. The molecular weight excluding hydrogens is 1080 g/mol. The summed E-state index contributed by atoms with van der Waals surface area (Å²) < 4.78 is 19.9. The minimum atomic E-state index is -2.14. The second-order valence-electron chi connectivity index (χ2n) is 21.7. The number of ether oxygens (including phenoxy) is 3. The van der Waals surface area contributed by atoms with Crippen LogP contribution in [0.3, 0.4) is 0 Å². The van der Waals surface area contributed by atoms with Gasteiger partial charge < -0.3 is 4.74 Å². The molecule has 0 unspecified atom stereocenters. The second kappa shape index (κ2) is 36.5. The molecule has 0 aliphatic rings. The predicted octanol–water partition coefficient (Wildman–Crippen LogP) is 19.8. The third kappa shape index (κ3) is 28.7. The number of carbonyl (C=O) groups is 3. The molecule has 0 saturated heterocycles. The summed E-state index contributed by atoms with van der Waals surface area (Å²) >= 11 is -2.14. The topological polar surface area (TPSA) is 78.9 Å². The van der Waals surface area contributed by atoms with E-state index in [1.54, 1.807) is 6.92 Å². The zero-order valence-electron chi connectivity index (χ0n) is 50.1. The SMILES string of the molecule is CCC(=O)CC(=O)Oc1c(C)c(C)c(OC(=O)CCc2ccc(OC(C)C)c([CH]=[Ru]([Cl])[Cl])c2)c(C/C=C(\C)C/C=C(\C)C/C=C(\C)C/C=C(\C)C/C=C(\C)C/C=C(\C)C/C=C(\C)C/C=C(\C)C/C=C(\C)CC=C(C)C)c1C. The van der Waals surface area contributed by atoms with Crippen LogP contribution >= 0.6 is 19.4 Å². The molecule has 9 heteroatoms. The van der Waals surface area contributed by atoms with Crippen molar-refractivity contribution < 1.29 is 42.1 Å². The number of benzene rings is 2. The first kappa shape index (κ1) is 68.4. The number of hydrogen-bond acceptors (Lipinski definition) is 6. The van der Waals surface area contributed by atoms with E-state index in [-0.39, 0.29) is 37.1 Å². The number of aryl methyl sites for hydroxylation is 1. The molecule has 0 aliphatic heterocycles. The van der Waals surface area contributed by atoms with Crippen LogP contribution < -0.4 is 14.2 Å². The molecule has 2 aromatic rings. The quantitative estimate of drug-likeness (QED) is 0.0246. The summed E-state index contributed by atoms with van der Waals surface area (Å²) in [6.45, 7) is 35.4. The molecule has 424 valence electrons. The Morgan fingerprint density at radius 2 is 0.922 bits per heavy atom. The Morgan fingerprint density at radius 1 is 0.532 bits per heavy atom. The van der Waals surface area contributed by atoms with Crippen molar-refractivity contribution in [2.75, 3.05) is 0 Å². The first-order chi connectivity index (χ1) is 36.3. The Balaban J connectivity index is 2.10. The van der Waals surface area contributed by atoms with Crippen molar-refractivity contribution in [3.8, 4) is 17.2 Å². The van der Waals surface area contributed by atoms with Crippen LogP contribution in [0, 0.1) is 20.8 Å². The second-order valence-corrected chi connectivity index (χ2v) is 27.4. The number of hydrogen-bond donors (Lipinski definition) is 0. The average molecular weight is 1180 g/mol. The van der Waals surface area contributed by atoms with Gasteiger partial charge >= 0.3 is 199 Å². The summed E-state index contributed by atoms with van der Waals surface area (Å²) in [6.07, 6.45) is 32.7. The maximum absolute atomic E-state index is 13.6. The zero-order valence-corrected chi connectivity index (χ0v) is 53.4. The van der Waals surface area contributed by atoms with Crippen LogP contribution in [0.25, 0.3) is 0 Å². The van der Waals surface area contributed by atoms with Crippen molar-refractivity contribution in [1.29, 1.82) is 0 Å². The molecule has 0 N–H and O–H groups in total. The van der Waals surface area contributed by atoms with Crippen molar-refractivity contribution in [1.82, 2.24) is 0 Å². The first-order valence-corrected chi connectivity index (χ1v) is 33.0. The van der Waals surface area contributed by atoms with E-state index in [9.17, 15) is 14.4 Å². The van der Waals surface area contributed by atoms with Crippen LogP contribution in [0.5, 0.6) is 17.2 Å². The summed E-state index contributed by atoms with van der Waals surface area (Å²) in [6, 6.07) is 5.80. The third-order valence-electron chi connectivity index (χ3n) is 13.4. The van der Waals surface area contributed by atoms with Crippen molar-refractivity contribution >= 4 is 41.7 Å². The Kier molecular flexibility index (Phi) is 32.4. The summed E-state index contributed by atoms with van der Waals surface area (Å²) in [5.74, 6) is 0.378. The predicted molar refractivity (Wildman–Crippen MR) is 328 cm³/mol. The van der Waals surface area contributed by atoms with Gasteiger partial charge in [-0.1, -0.05) is 117 Å². The van der Waals surface area contributed by atoms with Crippen LogP contribution in [0.15, 0.2) is 135 Å². The summed E-state index contributed by atoms with van der Waals surface area (Å²) in [5, 5.41) is 0. The van der Waals surface area contributed by atoms with Gasteiger partial charge in [0.2, 0.25) is 0 Å². The standard InChI is InChI=1S/C68H94O6.2ClH.Ru/c1-19-62(69)45-66(71)74-67-58(16)59(17)68(73-65(70)43-40-61-39-42-64(57(15)44-61)72-47(4)5)63(60(67)18)41-38-56(14)37-36-55(13)35-34-54(12)33-32-53(11)31-30-52(10)29-28-51(9)27-26-50(8)25-24-49(7)23-22-48(6)21-20-46(2)3;;;/h15,20,22,24,26,28,30,32,34,36,38-39,42,44,47H,19,21,23,25,27,29,31,33,35,37,40-41,43,45H2,1-14,16-18H3;2*1H;/q;;;+2/p-2/b48-22+,49-24+,50-26+,51-28+,52-30+,53-32+,54-34+,55-36+,56-38+;;;. The van der Waals surface area contributed by atoms with Crippen LogP contribution in [0.1, 0.15) is 207 Å². The number of carbonyl (C=O) groups excluding carboxylic acids is 3. The average Bonchev–Trinajstić information content (AvgIpc) is 3.37. The van der Waals surface area contributed by atoms with Crippen molar-refractivity contribution in [2.45, 2.75) is 214 Å². The van der Waals surface area contributed by atoms with Crippen LogP contribution in [0.4, 0.5) is 0 Å². The molecule has 2 aromatic carbocycles. The molecule has 0 atom stereocenters. The molecule has 0 amide bonds. The van der Waals surface area contributed by atoms with Gasteiger partial charge in [-0.2, -0.15) is 0 Å². The van der Waals surface area contributed by atoms with Gasteiger partial charge in [0.25, 0.3) is 0 Å². The first-order valence-electron chi connectivity index (χ1n) is 27.5. The zero-order chi connectivity index (χ0) is 57.8. The summed E-state index contributed by atoms with van der Waals surface area (Å²) in [4.78, 5) is 38.7. The minimum absolute atomic E-state index is 0.0223. The number of Topliss-reactive ketones (excluding diaryl/α,β-unsaturated/α-hetero) is 1. The van der Waals surface area contributed by atoms with Crippen LogP contribution in [-0.2, 0) is 40.7 Å². The van der Waals surface area contributed by atoms with Gasteiger partial charge in [0.1, 0.15) is 12.2 Å². The Hall–Kier alpha value is -4.68. The number of esters is 2. The monoisotopic (exact) mass is 1180 g/mol. The Bertz CT molecular complexity index is 2700. The fourth-order valence-corrected chi connectivity index (χ4v) is 9.67. The van der Waals surface area contributed by atoms with E-state index in [0.29, 0.717) is 46.8 Å². The fraction of sp³-hybridized carbons (Fsp3) is 0.471. The molecule has 0 saturated carbocycles. The van der Waals surface area contributed by atoms with Gasteiger partial charge in [-0.05, 0) is 134 Å². The van der Waals surface area contributed by atoms with Gasteiger partial charge in [0.05, 0.1) is 0 Å². The van der Waals surface area contributed by atoms with E-state index in [0.717, 1.165) is 80.1 Å². The van der Waals surface area contributed by atoms with E-state index in [4.69, 9.17) is 33.6 Å². The van der Waals surface area contributed by atoms with E-state index < -0.39 is 19.5 Å². The van der Waals surface area contributed by atoms with Gasteiger partial charge in [0, 0.05) is 6.42 Å². The van der Waals surface area contributed by atoms with Crippen molar-refractivity contribution in [3.63, 3.8) is 0 Å². The van der Waals surface area contributed by atoms with Crippen molar-refractivity contribution in [3.05, 3.63) is 168 Å². The molecule has 6 nitrogen and oxygen atoms in total. The maximum atomic E-state index is 13.6. The van der Waals surface area contributed by atoms with Gasteiger partial charge in [-0.3, -0.25) is 9.59 Å². The molecule has 0 aliphatic carbocycles. The Labute approximate surface area is 479 Å². The van der Waals surface area contributed by atoms with E-state index in [1.807, 2.05) is 57.4 Å². The number of rotatable bonds is 31. The molecule has 0 radical (unpaired) electrons. The third-order valence-corrected chi connectivity index (χ3v) is 15.2. The molecule has 77 heavy (non-hydrogen) atoms. The summed E-state index contributed by atoms with van der Waals surface area (Å²) in [5.41, 5.74) is 18.2. The number of allylic oxidation sites excluding steroid dienone is 20. The molecule has 0 fully saturated rings. The van der Waals surface area contributed by atoms with Crippen LogP contribution in [0.2, 0.25) is 0 Å². The van der Waals surface area contributed by atoms with Gasteiger partial charge in [-0.25, -0.2) is 0 Å². The molecule has 0 heterocycles. The summed E-state index contributed by atoms with van der Waals surface area (Å²) in [7, 11) is 12.5. The van der Waals surface area contributed by atoms with Crippen LogP contribution in [-0.4, -0.2) is 28.4 Å².